The van der Waals surface area contributed by atoms with Crippen molar-refractivity contribution in [3.63, 3.8) is 0 Å². The first-order valence-electron chi connectivity index (χ1n) is 5.91. The fourth-order valence-corrected chi connectivity index (χ4v) is 1.74. The molecule has 0 fully saturated rings. The van der Waals surface area contributed by atoms with Gasteiger partial charge in [0.1, 0.15) is 5.82 Å². The maximum absolute atomic E-state index is 13.6. The fourth-order valence-electron chi connectivity index (χ4n) is 1.52. The minimum absolute atomic E-state index is 0.227. The molecule has 0 saturated carbocycles. The van der Waals surface area contributed by atoms with Crippen LogP contribution in [0.25, 0.3) is 6.08 Å². The Labute approximate surface area is 108 Å². The van der Waals surface area contributed by atoms with Gasteiger partial charge in [0.2, 0.25) is 0 Å². The third-order valence-corrected chi connectivity index (χ3v) is 3.08. The van der Waals surface area contributed by atoms with Crippen LogP contribution in [0.1, 0.15) is 32.8 Å². The highest BCUT2D eigenvalue weighted by Gasteiger charge is 2.07. The summed E-state index contributed by atoms with van der Waals surface area (Å²) in [6, 6.07) is 4.97. The lowest BCUT2D eigenvalue weighted by molar-refractivity contribution is 0.602. The van der Waals surface area contributed by atoms with E-state index in [1.807, 2.05) is 13.0 Å². The van der Waals surface area contributed by atoms with Crippen LogP contribution >= 0.6 is 11.6 Å². The molecule has 0 amide bonds. The molecule has 94 valence electrons. The van der Waals surface area contributed by atoms with Crippen LogP contribution in [0.5, 0.6) is 0 Å². The third kappa shape index (κ3) is 4.14. The van der Waals surface area contributed by atoms with Crippen molar-refractivity contribution in [2.24, 2.45) is 0 Å². The Morgan fingerprint density at radius 3 is 2.82 bits per heavy atom. The second-order valence-electron chi connectivity index (χ2n) is 4.20. The SMILES string of the molecule is CCCNC(C)/C(C)=C/c1c(F)cccc1Cl. The molecule has 1 atom stereocenters. The summed E-state index contributed by atoms with van der Waals surface area (Å²) in [5, 5.41) is 3.81. The van der Waals surface area contributed by atoms with Crippen LogP contribution in [-0.4, -0.2) is 12.6 Å². The Balaban J connectivity index is 2.87. The minimum Gasteiger partial charge on any atom is -0.311 e. The molecule has 1 aromatic rings. The molecule has 0 aliphatic carbocycles. The van der Waals surface area contributed by atoms with E-state index in [2.05, 4.69) is 19.2 Å². The van der Waals surface area contributed by atoms with E-state index in [1.165, 1.54) is 6.07 Å². The van der Waals surface area contributed by atoms with Gasteiger partial charge in [-0.25, -0.2) is 4.39 Å². The highest BCUT2D eigenvalue weighted by atomic mass is 35.5. The Bertz CT molecular complexity index is 381. The normalized spacial score (nSPS) is 13.8. The molecule has 0 aliphatic heterocycles. The van der Waals surface area contributed by atoms with Gasteiger partial charge in [-0.1, -0.05) is 36.2 Å². The average molecular weight is 256 g/mol. The van der Waals surface area contributed by atoms with Crippen LogP contribution < -0.4 is 5.32 Å². The second-order valence-corrected chi connectivity index (χ2v) is 4.61. The van der Waals surface area contributed by atoms with E-state index in [4.69, 9.17) is 11.6 Å². The van der Waals surface area contributed by atoms with Gasteiger partial charge in [0, 0.05) is 11.6 Å². The summed E-state index contributed by atoms with van der Waals surface area (Å²) < 4.78 is 13.6. The molecule has 0 bridgehead atoms. The molecule has 1 aromatic carbocycles. The predicted octanol–water partition coefficient (Wildman–Crippen LogP) is 4.27. The zero-order valence-electron chi connectivity index (χ0n) is 10.6. The zero-order chi connectivity index (χ0) is 12.8. The fraction of sp³-hybridized carbons (Fsp3) is 0.429. The van der Waals surface area contributed by atoms with Gasteiger partial charge in [-0.05, 0) is 38.9 Å². The van der Waals surface area contributed by atoms with Crippen molar-refractivity contribution in [2.45, 2.75) is 33.2 Å². The summed E-state index contributed by atoms with van der Waals surface area (Å²) >= 11 is 5.98. The van der Waals surface area contributed by atoms with Crippen LogP contribution in [0.15, 0.2) is 23.8 Å². The lowest BCUT2D eigenvalue weighted by Gasteiger charge is -2.14. The average Bonchev–Trinajstić information content (AvgIpc) is 2.30. The summed E-state index contributed by atoms with van der Waals surface area (Å²) in [6.45, 7) is 7.12. The summed E-state index contributed by atoms with van der Waals surface area (Å²) in [7, 11) is 0. The molecule has 1 N–H and O–H groups in total. The van der Waals surface area contributed by atoms with Crippen LogP contribution in [0.4, 0.5) is 4.39 Å². The van der Waals surface area contributed by atoms with Crippen molar-refractivity contribution in [3.8, 4) is 0 Å². The van der Waals surface area contributed by atoms with Gasteiger partial charge in [0.05, 0.1) is 5.02 Å². The molecular weight excluding hydrogens is 237 g/mol. The highest BCUT2D eigenvalue weighted by Crippen LogP contribution is 2.22. The molecule has 0 heterocycles. The standard InChI is InChI=1S/C14H19ClFN/c1-4-8-17-11(3)10(2)9-12-13(15)6-5-7-14(12)16/h5-7,9,11,17H,4,8H2,1-3H3/b10-9+. The molecule has 0 aliphatic rings. The Morgan fingerprint density at radius 1 is 1.53 bits per heavy atom. The largest absolute Gasteiger partial charge is 0.311 e. The van der Waals surface area contributed by atoms with Crippen molar-refractivity contribution in [3.05, 3.63) is 40.2 Å². The maximum atomic E-state index is 13.6. The molecule has 0 aromatic heterocycles. The summed E-state index contributed by atoms with van der Waals surface area (Å²) in [5.41, 5.74) is 1.54. The van der Waals surface area contributed by atoms with Crippen molar-refractivity contribution in [1.29, 1.82) is 0 Å². The van der Waals surface area contributed by atoms with Gasteiger partial charge in [-0.3, -0.25) is 0 Å². The number of hydrogen-bond acceptors (Lipinski definition) is 1. The smallest absolute Gasteiger partial charge is 0.131 e. The van der Waals surface area contributed by atoms with Gasteiger partial charge >= 0.3 is 0 Å². The summed E-state index contributed by atoms with van der Waals surface area (Å²) in [4.78, 5) is 0. The molecule has 17 heavy (non-hydrogen) atoms. The molecular formula is C14H19ClFN. The van der Waals surface area contributed by atoms with Crippen LogP contribution in [0.3, 0.4) is 0 Å². The molecule has 0 spiro atoms. The molecule has 1 unspecified atom stereocenters. The third-order valence-electron chi connectivity index (χ3n) is 2.76. The van der Waals surface area contributed by atoms with Gasteiger partial charge in [-0.15, -0.1) is 0 Å². The molecule has 0 radical (unpaired) electrons. The Kier molecular flexibility index (Phi) is 5.66. The monoisotopic (exact) mass is 255 g/mol. The first-order valence-corrected chi connectivity index (χ1v) is 6.29. The van der Waals surface area contributed by atoms with Gasteiger partial charge in [0.15, 0.2) is 0 Å². The topological polar surface area (TPSA) is 12.0 Å². The number of benzene rings is 1. The van der Waals surface area contributed by atoms with E-state index >= 15 is 0 Å². The van der Waals surface area contributed by atoms with Gasteiger partial charge in [-0.2, -0.15) is 0 Å². The maximum Gasteiger partial charge on any atom is 0.131 e. The van der Waals surface area contributed by atoms with E-state index < -0.39 is 0 Å². The summed E-state index contributed by atoms with van der Waals surface area (Å²) in [6.07, 6.45) is 2.89. The lowest BCUT2D eigenvalue weighted by atomic mass is 10.1. The van der Waals surface area contributed by atoms with E-state index in [-0.39, 0.29) is 11.9 Å². The van der Waals surface area contributed by atoms with Crippen LogP contribution in [0, 0.1) is 5.82 Å². The number of halogens is 2. The summed E-state index contributed by atoms with van der Waals surface area (Å²) in [5.74, 6) is -0.278. The highest BCUT2D eigenvalue weighted by molar-refractivity contribution is 6.32. The van der Waals surface area contributed by atoms with Crippen molar-refractivity contribution >= 4 is 17.7 Å². The molecule has 0 saturated heterocycles. The minimum atomic E-state index is -0.278. The number of rotatable bonds is 5. The zero-order valence-corrected chi connectivity index (χ0v) is 11.3. The molecule has 1 rings (SSSR count). The van der Waals surface area contributed by atoms with E-state index in [0.29, 0.717) is 10.6 Å². The first kappa shape index (κ1) is 14.2. The van der Waals surface area contributed by atoms with E-state index in [9.17, 15) is 4.39 Å². The molecule has 3 heteroatoms. The van der Waals surface area contributed by atoms with Gasteiger partial charge in [0.25, 0.3) is 0 Å². The van der Waals surface area contributed by atoms with Crippen molar-refractivity contribution in [2.75, 3.05) is 6.54 Å². The van der Waals surface area contributed by atoms with Crippen molar-refractivity contribution in [1.82, 2.24) is 5.32 Å². The predicted molar refractivity (Wildman–Crippen MR) is 72.8 cm³/mol. The number of hydrogen-bond donors (Lipinski definition) is 1. The van der Waals surface area contributed by atoms with E-state index in [0.717, 1.165) is 18.5 Å². The quantitative estimate of drug-likeness (QED) is 0.829. The van der Waals surface area contributed by atoms with Crippen LogP contribution in [-0.2, 0) is 0 Å². The Hall–Kier alpha value is -0.860. The second kappa shape index (κ2) is 6.77. The Morgan fingerprint density at radius 2 is 2.24 bits per heavy atom. The van der Waals surface area contributed by atoms with Crippen LogP contribution in [0.2, 0.25) is 5.02 Å². The lowest BCUT2D eigenvalue weighted by Crippen LogP contribution is -2.27. The van der Waals surface area contributed by atoms with E-state index in [1.54, 1.807) is 12.1 Å². The first-order chi connectivity index (χ1) is 8.06. The number of nitrogens with one attached hydrogen (secondary N) is 1. The molecule has 1 nitrogen and oxygen atoms in total. The van der Waals surface area contributed by atoms with Crippen molar-refractivity contribution < 1.29 is 4.39 Å². The van der Waals surface area contributed by atoms with Gasteiger partial charge < -0.3 is 5.32 Å².